The van der Waals surface area contributed by atoms with Crippen molar-refractivity contribution in [2.75, 3.05) is 0 Å². The van der Waals surface area contributed by atoms with Crippen LogP contribution < -0.4 is 0 Å². The fraction of sp³-hybridized carbons (Fsp3) is 0.250. The number of rotatable bonds is 0. The Kier molecular flexibility index (Phi) is 0.254. The maximum atomic E-state index is 3.57. The van der Waals surface area contributed by atoms with Crippen LogP contribution in [0.1, 0.15) is 6.92 Å². The molecule has 0 aromatic heterocycles. The molecular weight excluding hydrogens is 62.1 g/mol. The fourth-order valence-corrected chi connectivity index (χ4v) is 0.197. The Bertz CT molecular complexity index is 100. The van der Waals surface area contributed by atoms with Gasteiger partial charge in [-0.15, -0.1) is 0 Å². The Morgan fingerprint density at radius 1 is 2.00 bits per heavy atom. The molecule has 0 unspecified atom stereocenters. The molecular formula is C4H6N+. The minimum atomic E-state index is 1.27. The summed E-state index contributed by atoms with van der Waals surface area (Å²) in [6, 6.07) is 0. The normalized spacial score (nSPS) is 18.6. The van der Waals surface area contributed by atoms with Gasteiger partial charge >= 0.3 is 0 Å². The van der Waals surface area contributed by atoms with E-state index >= 15 is 0 Å². The van der Waals surface area contributed by atoms with E-state index in [4.69, 9.17) is 0 Å². The molecule has 0 amide bonds. The average Bonchev–Trinajstić information content (AvgIpc) is 1.79. The second kappa shape index (κ2) is 0.482. The Balaban J connectivity index is 2.69. The predicted octanol–water partition coefficient (Wildman–Crippen LogP) is 0.574. The van der Waals surface area contributed by atoms with E-state index in [1.54, 1.807) is 0 Å². The summed E-state index contributed by atoms with van der Waals surface area (Å²) in [5, 5.41) is 0. The zero-order chi connectivity index (χ0) is 3.86. The summed E-state index contributed by atoms with van der Waals surface area (Å²) < 4.78 is 1.83. The van der Waals surface area contributed by atoms with Gasteiger partial charge < -0.3 is 0 Å². The van der Waals surface area contributed by atoms with Gasteiger partial charge in [0.15, 0.2) is 0 Å². The first-order valence-corrected chi connectivity index (χ1v) is 1.59. The molecule has 1 aliphatic rings. The second-order valence-electron chi connectivity index (χ2n) is 1.24. The third-order valence-corrected chi connectivity index (χ3v) is 0.728. The first-order chi connectivity index (χ1) is 2.30. The number of nitrogens with zero attached hydrogens (tertiary/aromatic N) is 1. The SMILES string of the molecule is C=[N+]1C=C1C. The van der Waals surface area contributed by atoms with Crippen molar-refractivity contribution >= 4 is 6.72 Å². The Labute approximate surface area is 31.2 Å². The summed E-state index contributed by atoms with van der Waals surface area (Å²) in [6.45, 7) is 5.59. The standard InChI is InChI=1S/C4H6N/c1-4-3-5(4)2/h3H,2H2,1H3/q+1. The van der Waals surface area contributed by atoms with Gasteiger partial charge in [-0.05, 0) is 0 Å². The average molecular weight is 68.1 g/mol. The molecule has 0 aromatic rings. The number of allylic oxidation sites excluding steroid dienone is 1. The van der Waals surface area contributed by atoms with Gasteiger partial charge in [-0.2, -0.15) is 4.58 Å². The van der Waals surface area contributed by atoms with Crippen molar-refractivity contribution in [1.82, 2.24) is 0 Å². The summed E-state index contributed by atoms with van der Waals surface area (Å²) >= 11 is 0. The monoisotopic (exact) mass is 68.0 g/mol. The zero-order valence-electron chi connectivity index (χ0n) is 3.23. The van der Waals surface area contributed by atoms with Gasteiger partial charge in [0.1, 0.15) is 6.72 Å². The molecule has 0 saturated carbocycles. The molecule has 0 atom stereocenters. The quantitative estimate of drug-likeness (QED) is 0.365. The van der Waals surface area contributed by atoms with Crippen molar-refractivity contribution in [3.63, 3.8) is 0 Å². The van der Waals surface area contributed by atoms with E-state index in [-0.39, 0.29) is 0 Å². The molecule has 0 saturated heterocycles. The largest absolute Gasteiger partial charge is 0.247 e. The van der Waals surface area contributed by atoms with Gasteiger partial charge in [-0.1, -0.05) is 0 Å². The topological polar surface area (TPSA) is 3.01 Å². The third-order valence-electron chi connectivity index (χ3n) is 0.728. The predicted molar refractivity (Wildman–Crippen MR) is 21.1 cm³/mol. The Hall–Kier alpha value is -0.590. The van der Waals surface area contributed by atoms with Crippen LogP contribution in [0.15, 0.2) is 11.9 Å². The van der Waals surface area contributed by atoms with Crippen molar-refractivity contribution < 1.29 is 4.58 Å². The lowest BCUT2D eigenvalue weighted by Gasteiger charge is -1.49. The van der Waals surface area contributed by atoms with Crippen LogP contribution in [-0.2, 0) is 0 Å². The molecule has 26 valence electrons. The van der Waals surface area contributed by atoms with Gasteiger partial charge in [0.05, 0.1) is 0 Å². The highest BCUT2D eigenvalue weighted by molar-refractivity contribution is 5.21. The van der Waals surface area contributed by atoms with Gasteiger partial charge in [0, 0.05) is 6.92 Å². The van der Waals surface area contributed by atoms with E-state index in [1.165, 1.54) is 5.70 Å². The highest BCUT2D eigenvalue weighted by Gasteiger charge is 2.17. The third kappa shape index (κ3) is 0.232. The van der Waals surface area contributed by atoms with Crippen LogP contribution in [0.5, 0.6) is 0 Å². The maximum Gasteiger partial charge on any atom is 0.247 e. The van der Waals surface area contributed by atoms with Crippen molar-refractivity contribution in [2.24, 2.45) is 0 Å². The number of hydrogen-bond donors (Lipinski definition) is 0. The highest BCUT2D eigenvalue weighted by Crippen LogP contribution is 2.07. The van der Waals surface area contributed by atoms with Gasteiger partial charge in [0.2, 0.25) is 11.9 Å². The van der Waals surface area contributed by atoms with Gasteiger partial charge in [-0.25, -0.2) is 0 Å². The van der Waals surface area contributed by atoms with Crippen LogP contribution in [0.3, 0.4) is 0 Å². The molecule has 1 heterocycles. The van der Waals surface area contributed by atoms with Gasteiger partial charge in [-0.3, -0.25) is 0 Å². The molecule has 0 spiro atoms. The van der Waals surface area contributed by atoms with Crippen LogP contribution in [-0.4, -0.2) is 11.3 Å². The van der Waals surface area contributed by atoms with Gasteiger partial charge in [0.25, 0.3) is 0 Å². The van der Waals surface area contributed by atoms with Crippen LogP contribution in [0.25, 0.3) is 0 Å². The lowest BCUT2D eigenvalue weighted by Crippen LogP contribution is -1.64. The fourth-order valence-electron chi connectivity index (χ4n) is 0.197. The van der Waals surface area contributed by atoms with E-state index < -0.39 is 0 Å². The van der Waals surface area contributed by atoms with E-state index in [0.717, 1.165) is 0 Å². The lowest BCUT2D eigenvalue weighted by atomic mass is 10.7. The Morgan fingerprint density at radius 2 is 2.20 bits per heavy atom. The van der Waals surface area contributed by atoms with Crippen LogP contribution >= 0.6 is 0 Å². The molecule has 0 aromatic carbocycles. The van der Waals surface area contributed by atoms with E-state index in [0.29, 0.717) is 0 Å². The van der Waals surface area contributed by atoms with Crippen molar-refractivity contribution in [2.45, 2.75) is 6.92 Å². The Morgan fingerprint density at radius 3 is 2.20 bits per heavy atom. The van der Waals surface area contributed by atoms with Crippen LogP contribution in [0, 0.1) is 0 Å². The van der Waals surface area contributed by atoms with Crippen LogP contribution in [0.2, 0.25) is 0 Å². The number of hydrogen-bond acceptors (Lipinski definition) is 0. The zero-order valence-corrected chi connectivity index (χ0v) is 3.23. The maximum absolute atomic E-state index is 3.57. The molecule has 0 N–H and O–H groups in total. The smallest absolute Gasteiger partial charge is 0.167 e. The van der Waals surface area contributed by atoms with Crippen molar-refractivity contribution in [3.8, 4) is 0 Å². The molecule has 1 nitrogen and oxygen atoms in total. The first-order valence-electron chi connectivity index (χ1n) is 1.59. The summed E-state index contributed by atoms with van der Waals surface area (Å²) in [5.74, 6) is 0. The first kappa shape index (κ1) is 2.64. The molecule has 0 fully saturated rings. The lowest BCUT2D eigenvalue weighted by molar-refractivity contribution is -0.296. The molecule has 1 heteroatoms. The minimum absolute atomic E-state index is 1.27. The molecule has 0 bridgehead atoms. The molecule has 0 radical (unpaired) electrons. The second-order valence-corrected chi connectivity index (χ2v) is 1.24. The van der Waals surface area contributed by atoms with Crippen LogP contribution in [0.4, 0.5) is 0 Å². The minimum Gasteiger partial charge on any atom is -0.167 e. The van der Waals surface area contributed by atoms with E-state index in [9.17, 15) is 0 Å². The van der Waals surface area contributed by atoms with E-state index in [1.807, 2.05) is 17.7 Å². The molecule has 0 aliphatic carbocycles. The van der Waals surface area contributed by atoms with E-state index in [2.05, 4.69) is 6.72 Å². The molecule has 1 rings (SSSR count). The highest BCUT2D eigenvalue weighted by atomic mass is 15.1. The molecule has 1 aliphatic heterocycles. The summed E-state index contributed by atoms with van der Waals surface area (Å²) in [7, 11) is 0. The van der Waals surface area contributed by atoms with Crippen molar-refractivity contribution in [3.05, 3.63) is 11.9 Å². The summed E-state index contributed by atoms with van der Waals surface area (Å²) in [5.41, 5.74) is 1.27. The summed E-state index contributed by atoms with van der Waals surface area (Å²) in [4.78, 5) is 0. The summed E-state index contributed by atoms with van der Waals surface area (Å²) in [6.07, 6.45) is 1.97. The molecule has 5 heavy (non-hydrogen) atoms. The van der Waals surface area contributed by atoms with Crippen molar-refractivity contribution in [1.29, 1.82) is 0 Å².